The summed E-state index contributed by atoms with van der Waals surface area (Å²) in [6.45, 7) is 0. The van der Waals surface area contributed by atoms with Crippen molar-refractivity contribution in [2.24, 2.45) is 0 Å². The second kappa shape index (κ2) is 9.09. The number of imidazole rings is 1. The molecular formula is C43H26N4. The molecule has 4 heteroatoms. The fourth-order valence-electron chi connectivity index (χ4n) is 8.05. The summed E-state index contributed by atoms with van der Waals surface area (Å²) in [6, 6.07) is 57.0. The molecule has 0 unspecified atom stereocenters. The van der Waals surface area contributed by atoms with Gasteiger partial charge < -0.3 is 9.13 Å². The van der Waals surface area contributed by atoms with Crippen LogP contribution in [-0.4, -0.2) is 18.5 Å². The highest BCUT2D eigenvalue weighted by atomic mass is 15.0. The largest absolute Gasteiger partial charge is 0.307 e. The minimum absolute atomic E-state index is 0.986. The van der Waals surface area contributed by atoms with Crippen LogP contribution in [0.25, 0.3) is 93.3 Å². The third kappa shape index (κ3) is 3.23. The Morgan fingerprint density at radius 2 is 0.851 bits per heavy atom. The molecule has 0 fully saturated rings. The minimum Gasteiger partial charge on any atom is -0.307 e. The van der Waals surface area contributed by atoms with Gasteiger partial charge in [-0.05, 0) is 66.0 Å². The third-order valence-corrected chi connectivity index (χ3v) is 9.98. The lowest BCUT2D eigenvalue weighted by Gasteiger charge is -2.14. The smallest absolute Gasteiger partial charge is 0.146 e. The van der Waals surface area contributed by atoms with Crippen LogP contribution in [0.1, 0.15) is 0 Å². The monoisotopic (exact) mass is 598 g/mol. The fraction of sp³-hybridized carbons (Fsp3) is 0. The van der Waals surface area contributed by atoms with E-state index in [-0.39, 0.29) is 0 Å². The standard InChI is InChI=1S/C43H26N4/c1-2-12-27(13-3-1)45-37-18-8-4-14-29(37)32-24-25-33-30-15-5-9-19-38(30)46(42(33)41(32)45)28-22-23-34-35(26-28)31-16-6-10-20-39(31)47-40-21-11-7-17-36(40)44-43(34)47/h1-26H. The van der Waals surface area contributed by atoms with E-state index in [1.165, 1.54) is 54.4 Å². The van der Waals surface area contributed by atoms with E-state index in [1.807, 2.05) is 0 Å². The Bertz CT molecular complexity index is 3070. The molecular weight excluding hydrogens is 573 g/mol. The molecule has 0 N–H and O–H groups in total. The summed E-state index contributed by atoms with van der Waals surface area (Å²) < 4.78 is 7.24. The molecule has 0 aliphatic rings. The van der Waals surface area contributed by atoms with Crippen LogP contribution in [0.15, 0.2) is 158 Å². The van der Waals surface area contributed by atoms with Crippen molar-refractivity contribution in [3.8, 4) is 11.4 Å². The third-order valence-electron chi connectivity index (χ3n) is 9.98. The maximum Gasteiger partial charge on any atom is 0.146 e. The Morgan fingerprint density at radius 3 is 1.53 bits per heavy atom. The number of hydrogen-bond donors (Lipinski definition) is 0. The molecule has 0 saturated heterocycles. The Kier molecular flexibility index (Phi) is 4.81. The van der Waals surface area contributed by atoms with Crippen LogP contribution in [0.4, 0.5) is 0 Å². The molecule has 0 saturated carbocycles. The molecule has 0 aliphatic carbocycles. The van der Waals surface area contributed by atoms with Gasteiger partial charge >= 0.3 is 0 Å². The Labute approximate surface area is 268 Å². The zero-order valence-electron chi connectivity index (χ0n) is 25.3. The van der Waals surface area contributed by atoms with Gasteiger partial charge in [0.15, 0.2) is 0 Å². The van der Waals surface area contributed by atoms with Crippen molar-refractivity contribution in [2.45, 2.75) is 0 Å². The lowest BCUT2D eigenvalue weighted by molar-refractivity contribution is 1.15. The van der Waals surface area contributed by atoms with E-state index in [9.17, 15) is 0 Å². The summed E-state index contributed by atoms with van der Waals surface area (Å²) in [5, 5.41) is 8.54. The van der Waals surface area contributed by atoms with Crippen molar-refractivity contribution >= 4 is 82.0 Å². The SMILES string of the molecule is c1ccc(-n2c3ccccc3c3ccc4c5ccccc5n(-c5ccc6c(c5)c5ccccc5n5c7ccccc7nc65)c4c32)cc1. The number of fused-ring (bicyclic) bond motifs is 15. The highest BCUT2D eigenvalue weighted by Gasteiger charge is 2.22. The molecule has 4 nitrogen and oxygen atoms in total. The van der Waals surface area contributed by atoms with Gasteiger partial charge in [0.05, 0.1) is 38.6 Å². The summed E-state index contributed by atoms with van der Waals surface area (Å²) in [5.41, 5.74) is 11.4. The number of para-hydroxylation sites is 6. The van der Waals surface area contributed by atoms with Crippen LogP contribution >= 0.6 is 0 Å². The van der Waals surface area contributed by atoms with E-state index in [0.717, 1.165) is 39.0 Å². The maximum absolute atomic E-state index is 5.15. The number of nitrogens with zero attached hydrogens (tertiary/aromatic N) is 4. The Balaban J connectivity index is 1.33. The Morgan fingerprint density at radius 1 is 0.340 bits per heavy atom. The molecule has 4 aromatic heterocycles. The topological polar surface area (TPSA) is 27.2 Å². The van der Waals surface area contributed by atoms with Crippen LogP contribution in [0.2, 0.25) is 0 Å². The summed E-state index contributed by atoms with van der Waals surface area (Å²) in [4.78, 5) is 5.15. The van der Waals surface area contributed by atoms with Gasteiger partial charge in [0.25, 0.3) is 0 Å². The molecule has 0 atom stereocenters. The van der Waals surface area contributed by atoms with E-state index < -0.39 is 0 Å². The molecule has 0 aliphatic heterocycles. The molecule has 0 bridgehead atoms. The van der Waals surface area contributed by atoms with Crippen LogP contribution in [-0.2, 0) is 0 Å². The summed E-state index contributed by atoms with van der Waals surface area (Å²) >= 11 is 0. The molecule has 0 spiro atoms. The van der Waals surface area contributed by atoms with Crippen molar-refractivity contribution in [2.75, 3.05) is 0 Å². The van der Waals surface area contributed by atoms with Gasteiger partial charge in [-0.15, -0.1) is 0 Å². The molecule has 218 valence electrons. The predicted octanol–water partition coefficient (Wildman–Crippen LogP) is 11.0. The van der Waals surface area contributed by atoms with E-state index in [4.69, 9.17) is 4.98 Å². The first-order valence-electron chi connectivity index (χ1n) is 16.1. The molecule has 7 aromatic carbocycles. The van der Waals surface area contributed by atoms with Crippen molar-refractivity contribution in [3.05, 3.63) is 158 Å². The fourth-order valence-corrected chi connectivity index (χ4v) is 8.05. The summed E-state index contributed by atoms with van der Waals surface area (Å²) in [6.07, 6.45) is 0. The van der Waals surface area contributed by atoms with Crippen molar-refractivity contribution in [1.29, 1.82) is 0 Å². The highest BCUT2D eigenvalue weighted by molar-refractivity contribution is 6.24. The zero-order chi connectivity index (χ0) is 30.6. The van der Waals surface area contributed by atoms with Gasteiger partial charge in [-0.3, -0.25) is 4.40 Å². The van der Waals surface area contributed by atoms with Gasteiger partial charge in [0.2, 0.25) is 0 Å². The molecule has 11 rings (SSSR count). The number of pyridine rings is 1. The van der Waals surface area contributed by atoms with Crippen LogP contribution in [0.5, 0.6) is 0 Å². The van der Waals surface area contributed by atoms with Crippen LogP contribution < -0.4 is 0 Å². The van der Waals surface area contributed by atoms with E-state index in [1.54, 1.807) is 0 Å². The molecule has 0 radical (unpaired) electrons. The van der Waals surface area contributed by atoms with Gasteiger partial charge in [0.1, 0.15) is 5.65 Å². The predicted molar refractivity (Wildman–Crippen MR) is 196 cm³/mol. The highest BCUT2D eigenvalue weighted by Crippen LogP contribution is 2.42. The van der Waals surface area contributed by atoms with Crippen molar-refractivity contribution < 1.29 is 0 Å². The van der Waals surface area contributed by atoms with Crippen LogP contribution in [0.3, 0.4) is 0 Å². The maximum atomic E-state index is 5.15. The van der Waals surface area contributed by atoms with Gasteiger partial charge in [-0.25, -0.2) is 4.98 Å². The molecule has 11 aromatic rings. The lowest BCUT2D eigenvalue weighted by Crippen LogP contribution is -1.99. The average molecular weight is 599 g/mol. The molecule has 4 heterocycles. The summed E-state index contributed by atoms with van der Waals surface area (Å²) in [7, 11) is 0. The average Bonchev–Trinajstić information content (AvgIpc) is 3.80. The molecule has 47 heavy (non-hydrogen) atoms. The minimum atomic E-state index is 0.986. The number of hydrogen-bond acceptors (Lipinski definition) is 1. The first-order chi connectivity index (χ1) is 23.3. The number of benzene rings is 7. The van der Waals surface area contributed by atoms with E-state index in [0.29, 0.717) is 0 Å². The first kappa shape index (κ1) is 24.9. The van der Waals surface area contributed by atoms with Gasteiger partial charge in [-0.1, -0.05) is 97.1 Å². The zero-order valence-corrected chi connectivity index (χ0v) is 25.3. The number of aromatic nitrogens is 4. The quantitative estimate of drug-likeness (QED) is 0.182. The first-order valence-corrected chi connectivity index (χ1v) is 16.1. The summed E-state index contributed by atoms with van der Waals surface area (Å²) in [5.74, 6) is 0. The normalized spacial score (nSPS) is 12.3. The second-order valence-corrected chi connectivity index (χ2v) is 12.4. The van der Waals surface area contributed by atoms with Crippen LogP contribution in [0, 0.1) is 0 Å². The Hall–Kier alpha value is -6.39. The van der Waals surface area contributed by atoms with Crippen molar-refractivity contribution in [1.82, 2.24) is 18.5 Å². The lowest BCUT2D eigenvalue weighted by atomic mass is 10.0. The molecule has 0 amide bonds. The second-order valence-electron chi connectivity index (χ2n) is 12.4. The van der Waals surface area contributed by atoms with Gasteiger partial charge in [0, 0.05) is 43.7 Å². The van der Waals surface area contributed by atoms with Crippen molar-refractivity contribution in [3.63, 3.8) is 0 Å². The van der Waals surface area contributed by atoms with E-state index >= 15 is 0 Å². The van der Waals surface area contributed by atoms with E-state index in [2.05, 4.69) is 171 Å². The van der Waals surface area contributed by atoms with Gasteiger partial charge in [-0.2, -0.15) is 0 Å². The number of rotatable bonds is 2.